The predicted octanol–water partition coefficient (Wildman–Crippen LogP) is 1.94. The van der Waals surface area contributed by atoms with Crippen LogP contribution in [-0.4, -0.2) is 27.8 Å². The van der Waals surface area contributed by atoms with Crippen LogP contribution in [-0.2, 0) is 26.6 Å². The van der Waals surface area contributed by atoms with E-state index >= 15 is 0 Å². The molecule has 0 amide bonds. The van der Waals surface area contributed by atoms with Gasteiger partial charge in [-0.1, -0.05) is 31.2 Å². The summed E-state index contributed by atoms with van der Waals surface area (Å²) in [5.74, 6) is 0. The zero-order valence-electron chi connectivity index (χ0n) is 12.4. The molecule has 0 saturated carbocycles. The number of nitrogens with two attached hydrogens (primary N) is 1. The van der Waals surface area contributed by atoms with Crippen LogP contribution >= 0.6 is 0 Å². The lowest BCUT2D eigenvalue weighted by atomic mass is 10.1. The van der Waals surface area contributed by atoms with Crippen LogP contribution in [0.4, 0.5) is 0 Å². The maximum absolute atomic E-state index is 5.81. The van der Waals surface area contributed by atoms with Crippen molar-refractivity contribution in [2.75, 3.05) is 13.1 Å². The molecule has 2 N–H and O–H groups in total. The van der Waals surface area contributed by atoms with Gasteiger partial charge in [0.15, 0.2) is 0 Å². The molecular formula is C16H24N4. The number of nitrogens with zero attached hydrogens (tertiary/aromatic N) is 3. The Morgan fingerprint density at radius 3 is 2.55 bits per heavy atom. The van der Waals surface area contributed by atoms with Crippen LogP contribution < -0.4 is 5.73 Å². The van der Waals surface area contributed by atoms with Crippen molar-refractivity contribution in [3.8, 4) is 0 Å². The van der Waals surface area contributed by atoms with Crippen LogP contribution in [0.5, 0.6) is 0 Å². The molecule has 0 aliphatic carbocycles. The third-order valence-electron chi connectivity index (χ3n) is 3.79. The number of hydrogen-bond acceptors (Lipinski definition) is 3. The Kier molecular flexibility index (Phi) is 5.32. The lowest BCUT2D eigenvalue weighted by Gasteiger charge is -2.21. The first-order chi connectivity index (χ1) is 9.74. The first-order valence-corrected chi connectivity index (χ1v) is 7.20. The van der Waals surface area contributed by atoms with Crippen LogP contribution in [0.2, 0.25) is 0 Å². The maximum atomic E-state index is 5.81. The van der Waals surface area contributed by atoms with Gasteiger partial charge in [0, 0.05) is 45.0 Å². The first kappa shape index (κ1) is 14.8. The van der Waals surface area contributed by atoms with Gasteiger partial charge in [-0.05, 0) is 23.7 Å². The van der Waals surface area contributed by atoms with Gasteiger partial charge in [-0.3, -0.25) is 9.58 Å². The highest BCUT2D eigenvalue weighted by Crippen LogP contribution is 2.11. The summed E-state index contributed by atoms with van der Waals surface area (Å²) in [6, 6.07) is 10.5. The Hall–Kier alpha value is -1.65. The van der Waals surface area contributed by atoms with Crippen LogP contribution in [0.15, 0.2) is 36.5 Å². The molecule has 20 heavy (non-hydrogen) atoms. The molecule has 0 aliphatic rings. The van der Waals surface area contributed by atoms with E-state index in [0.717, 1.165) is 26.1 Å². The SMILES string of the molecule is CCN(CCc1ccnn1C)Cc1ccccc1CN. The number of aryl methyl sites for hydroxylation is 1. The van der Waals surface area contributed by atoms with E-state index in [1.54, 1.807) is 0 Å². The van der Waals surface area contributed by atoms with Gasteiger partial charge in [0.2, 0.25) is 0 Å². The van der Waals surface area contributed by atoms with Gasteiger partial charge in [-0.15, -0.1) is 0 Å². The first-order valence-electron chi connectivity index (χ1n) is 7.20. The zero-order chi connectivity index (χ0) is 14.4. The molecule has 0 unspecified atom stereocenters. The summed E-state index contributed by atoms with van der Waals surface area (Å²) in [6.07, 6.45) is 2.88. The molecule has 2 aromatic rings. The molecule has 4 heteroatoms. The molecular weight excluding hydrogens is 248 g/mol. The molecule has 1 heterocycles. The monoisotopic (exact) mass is 272 g/mol. The summed E-state index contributed by atoms with van der Waals surface area (Å²) in [5, 5.41) is 4.21. The minimum absolute atomic E-state index is 0.607. The van der Waals surface area contributed by atoms with Gasteiger partial charge in [-0.2, -0.15) is 5.10 Å². The van der Waals surface area contributed by atoms with Gasteiger partial charge in [0.25, 0.3) is 0 Å². The second-order valence-electron chi connectivity index (χ2n) is 5.04. The van der Waals surface area contributed by atoms with Crippen molar-refractivity contribution < 1.29 is 0 Å². The standard InChI is InChI=1S/C16H24N4/c1-3-20(11-9-16-8-10-18-19(16)2)13-15-7-5-4-6-14(15)12-17/h4-8,10H,3,9,11-13,17H2,1-2H3. The van der Waals surface area contributed by atoms with E-state index < -0.39 is 0 Å². The Morgan fingerprint density at radius 2 is 1.95 bits per heavy atom. The van der Waals surface area contributed by atoms with Gasteiger partial charge < -0.3 is 5.73 Å². The largest absolute Gasteiger partial charge is 0.326 e. The van der Waals surface area contributed by atoms with E-state index in [-0.39, 0.29) is 0 Å². The smallest absolute Gasteiger partial charge is 0.0492 e. The van der Waals surface area contributed by atoms with Gasteiger partial charge in [0.1, 0.15) is 0 Å². The third kappa shape index (κ3) is 3.68. The van der Waals surface area contributed by atoms with E-state index in [0.29, 0.717) is 6.54 Å². The predicted molar refractivity (Wildman–Crippen MR) is 82.2 cm³/mol. The number of rotatable bonds is 7. The number of aromatic nitrogens is 2. The molecule has 0 aliphatic heterocycles. The summed E-state index contributed by atoms with van der Waals surface area (Å²) in [5.41, 5.74) is 9.66. The minimum atomic E-state index is 0.607. The van der Waals surface area contributed by atoms with Crippen molar-refractivity contribution in [1.82, 2.24) is 14.7 Å². The second kappa shape index (κ2) is 7.22. The fourth-order valence-electron chi connectivity index (χ4n) is 2.42. The van der Waals surface area contributed by atoms with Crippen molar-refractivity contribution in [3.63, 3.8) is 0 Å². The van der Waals surface area contributed by atoms with Crippen LogP contribution in [0, 0.1) is 0 Å². The van der Waals surface area contributed by atoms with Gasteiger partial charge >= 0.3 is 0 Å². The van der Waals surface area contributed by atoms with E-state index in [9.17, 15) is 0 Å². The fourth-order valence-corrected chi connectivity index (χ4v) is 2.42. The number of benzene rings is 1. The van der Waals surface area contributed by atoms with Gasteiger partial charge in [0.05, 0.1) is 0 Å². The average molecular weight is 272 g/mol. The molecule has 0 radical (unpaired) electrons. The molecule has 108 valence electrons. The highest BCUT2D eigenvalue weighted by atomic mass is 15.3. The minimum Gasteiger partial charge on any atom is -0.326 e. The highest BCUT2D eigenvalue weighted by Gasteiger charge is 2.08. The quantitative estimate of drug-likeness (QED) is 0.838. The Balaban J connectivity index is 1.97. The van der Waals surface area contributed by atoms with Crippen LogP contribution in [0.1, 0.15) is 23.7 Å². The van der Waals surface area contributed by atoms with Crippen LogP contribution in [0.25, 0.3) is 0 Å². The molecule has 0 bridgehead atoms. The third-order valence-corrected chi connectivity index (χ3v) is 3.79. The topological polar surface area (TPSA) is 47.1 Å². The molecule has 0 spiro atoms. The summed E-state index contributed by atoms with van der Waals surface area (Å²) >= 11 is 0. The molecule has 0 atom stereocenters. The van der Waals surface area contributed by atoms with Crippen LogP contribution in [0.3, 0.4) is 0 Å². The lowest BCUT2D eigenvalue weighted by molar-refractivity contribution is 0.280. The second-order valence-corrected chi connectivity index (χ2v) is 5.04. The van der Waals surface area contributed by atoms with Gasteiger partial charge in [-0.25, -0.2) is 0 Å². The summed E-state index contributed by atoms with van der Waals surface area (Å²) < 4.78 is 1.95. The van der Waals surface area contributed by atoms with E-state index in [2.05, 4.69) is 47.3 Å². The van der Waals surface area contributed by atoms with Crippen molar-refractivity contribution in [2.24, 2.45) is 12.8 Å². The molecule has 2 rings (SSSR count). The van der Waals surface area contributed by atoms with E-state index in [4.69, 9.17) is 5.73 Å². The van der Waals surface area contributed by atoms with Crippen molar-refractivity contribution in [2.45, 2.75) is 26.4 Å². The Morgan fingerprint density at radius 1 is 1.20 bits per heavy atom. The average Bonchev–Trinajstić information content (AvgIpc) is 2.89. The Labute approximate surface area is 121 Å². The highest BCUT2D eigenvalue weighted by molar-refractivity contribution is 5.26. The lowest BCUT2D eigenvalue weighted by Crippen LogP contribution is -2.26. The molecule has 0 saturated heterocycles. The zero-order valence-corrected chi connectivity index (χ0v) is 12.4. The summed E-state index contributed by atoms with van der Waals surface area (Å²) in [6.45, 7) is 5.84. The van der Waals surface area contributed by atoms with Crippen molar-refractivity contribution in [1.29, 1.82) is 0 Å². The summed E-state index contributed by atoms with van der Waals surface area (Å²) in [4.78, 5) is 2.45. The van der Waals surface area contributed by atoms with E-state index in [1.165, 1.54) is 16.8 Å². The molecule has 0 fully saturated rings. The molecule has 4 nitrogen and oxygen atoms in total. The normalized spacial score (nSPS) is 11.2. The summed E-state index contributed by atoms with van der Waals surface area (Å²) in [7, 11) is 2.00. The Bertz CT molecular complexity index is 533. The number of likely N-dealkylation sites (N-methyl/N-ethyl adjacent to an activating group) is 1. The maximum Gasteiger partial charge on any atom is 0.0492 e. The molecule has 1 aromatic heterocycles. The molecule has 1 aromatic carbocycles. The number of hydrogen-bond donors (Lipinski definition) is 1. The van der Waals surface area contributed by atoms with Crippen molar-refractivity contribution >= 4 is 0 Å². The van der Waals surface area contributed by atoms with E-state index in [1.807, 2.05) is 17.9 Å². The fraction of sp³-hybridized carbons (Fsp3) is 0.438. The van der Waals surface area contributed by atoms with Crippen molar-refractivity contribution in [3.05, 3.63) is 53.3 Å².